The Kier molecular flexibility index (Phi) is 6.48. The molecule has 1 aromatic carbocycles. The number of benzene rings is 1. The molecule has 0 heterocycles. The maximum atomic E-state index is 12.2. The van der Waals surface area contributed by atoms with Crippen LogP contribution in [0.4, 0.5) is 0 Å². The van der Waals surface area contributed by atoms with Crippen molar-refractivity contribution in [3.63, 3.8) is 0 Å². The highest BCUT2D eigenvalue weighted by Crippen LogP contribution is 2.17. The fourth-order valence-electron chi connectivity index (χ4n) is 1.77. The Labute approximate surface area is 116 Å². The molecule has 0 unspecified atom stereocenters. The Morgan fingerprint density at radius 2 is 1.95 bits per heavy atom. The third kappa shape index (κ3) is 4.93. The summed E-state index contributed by atoms with van der Waals surface area (Å²) in [5, 5.41) is 3.20. The Morgan fingerprint density at radius 1 is 1.21 bits per heavy atom. The number of aryl methyl sites for hydroxylation is 1. The molecule has 0 aliphatic heterocycles. The first-order valence-electron chi connectivity index (χ1n) is 6.81. The average molecular weight is 284 g/mol. The molecule has 0 bridgehead atoms. The second-order valence-electron chi connectivity index (χ2n) is 4.63. The van der Waals surface area contributed by atoms with Gasteiger partial charge in [-0.2, -0.15) is 0 Å². The van der Waals surface area contributed by atoms with Crippen molar-refractivity contribution in [3.8, 4) is 0 Å². The number of hydrogen-bond acceptors (Lipinski definition) is 3. The summed E-state index contributed by atoms with van der Waals surface area (Å²) < 4.78 is 27.1. The zero-order chi connectivity index (χ0) is 14.3. The smallest absolute Gasteiger partial charge is 0.240 e. The molecule has 1 aromatic rings. The van der Waals surface area contributed by atoms with Crippen molar-refractivity contribution in [1.82, 2.24) is 10.0 Å². The van der Waals surface area contributed by atoms with Crippen LogP contribution >= 0.6 is 0 Å². The van der Waals surface area contributed by atoms with E-state index in [9.17, 15) is 8.42 Å². The largest absolute Gasteiger partial charge is 0.313 e. The summed E-state index contributed by atoms with van der Waals surface area (Å²) in [6.07, 6.45) is 1.83. The van der Waals surface area contributed by atoms with Crippen LogP contribution < -0.4 is 10.0 Å². The number of nitrogens with one attached hydrogen (secondary N) is 2. The second kappa shape index (κ2) is 7.62. The number of hydrogen-bond donors (Lipinski definition) is 2. The number of unbranched alkanes of at least 4 members (excludes halogenated alkanes) is 1. The van der Waals surface area contributed by atoms with Crippen molar-refractivity contribution in [2.75, 3.05) is 13.1 Å². The molecule has 2 N–H and O–H groups in total. The van der Waals surface area contributed by atoms with Gasteiger partial charge in [-0.15, -0.1) is 0 Å². The minimum Gasteiger partial charge on any atom is -0.313 e. The molecule has 0 amide bonds. The van der Waals surface area contributed by atoms with Gasteiger partial charge in [0.15, 0.2) is 0 Å². The molecule has 0 aliphatic carbocycles. The Bertz CT molecular complexity index is 498. The highest BCUT2D eigenvalue weighted by Gasteiger charge is 2.16. The first-order valence-corrected chi connectivity index (χ1v) is 8.29. The van der Waals surface area contributed by atoms with E-state index in [0.717, 1.165) is 30.5 Å². The minimum absolute atomic E-state index is 0.388. The van der Waals surface area contributed by atoms with Gasteiger partial charge in [-0.25, -0.2) is 13.1 Å². The van der Waals surface area contributed by atoms with Crippen molar-refractivity contribution in [1.29, 1.82) is 0 Å². The van der Waals surface area contributed by atoms with E-state index in [0.29, 0.717) is 18.0 Å². The molecule has 0 saturated heterocycles. The van der Waals surface area contributed by atoms with Crippen LogP contribution in [0.25, 0.3) is 0 Å². The zero-order valence-electron chi connectivity index (χ0n) is 12.0. The summed E-state index contributed by atoms with van der Waals surface area (Å²) in [7, 11) is -3.39. The lowest BCUT2D eigenvalue weighted by Crippen LogP contribution is -2.25. The van der Waals surface area contributed by atoms with Gasteiger partial charge < -0.3 is 5.32 Å². The van der Waals surface area contributed by atoms with Gasteiger partial charge in [-0.3, -0.25) is 0 Å². The van der Waals surface area contributed by atoms with Gasteiger partial charge in [-0.05, 0) is 37.1 Å². The lowest BCUT2D eigenvalue weighted by Gasteiger charge is -2.11. The number of sulfonamides is 1. The van der Waals surface area contributed by atoms with Gasteiger partial charge in [0.25, 0.3) is 0 Å². The predicted molar refractivity (Wildman–Crippen MR) is 78.7 cm³/mol. The Morgan fingerprint density at radius 3 is 2.58 bits per heavy atom. The molecule has 0 radical (unpaired) electrons. The van der Waals surface area contributed by atoms with Crippen LogP contribution in [0, 0.1) is 6.92 Å². The van der Waals surface area contributed by atoms with Gasteiger partial charge in [0.2, 0.25) is 10.0 Å². The van der Waals surface area contributed by atoms with Gasteiger partial charge >= 0.3 is 0 Å². The van der Waals surface area contributed by atoms with E-state index in [4.69, 9.17) is 0 Å². The standard InChI is InChI=1S/C14H24N2O2S/c1-4-6-9-16-19(17,18)14-10-13(11-15-5-2)8-7-12(14)3/h7-8,10,15-16H,4-6,9,11H2,1-3H3. The van der Waals surface area contributed by atoms with Crippen LogP contribution in [0.2, 0.25) is 0 Å². The fraction of sp³-hybridized carbons (Fsp3) is 0.571. The molecule has 0 atom stereocenters. The molecule has 19 heavy (non-hydrogen) atoms. The van der Waals surface area contributed by atoms with E-state index in [-0.39, 0.29) is 0 Å². The van der Waals surface area contributed by atoms with E-state index in [1.54, 1.807) is 6.07 Å². The monoisotopic (exact) mass is 284 g/mol. The molecule has 5 heteroatoms. The SMILES string of the molecule is CCCCNS(=O)(=O)c1cc(CNCC)ccc1C. The van der Waals surface area contributed by atoms with Crippen LogP contribution in [0.15, 0.2) is 23.1 Å². The van der Waals surface area contributed by atoms with Crippen molar-refractivity contribution in [2.45, 2.75) is 45.1 Å². The summed E-state index contributed by atoms with van der Waals surface area (Å²) in [5.74, 6) is 0. The van der Waals surface area contributed by atoms with E-state index in [1.165, 1.54) is 0 Å². The van der Waals surface area contributed by atoms with Crippen LogP contribution in [0.1, 0.15) is 37.8 Å². The second-order valence-corrected chi connectivity index (χ2v) is 6.37. The van der Waals surface area contributed by atoms with Crippen molar-refractivity contribution in [3.05, 3.63) is 29.3 Å². The topological polar surface area (TPSA) is 58.2 Å². The summed E-state index contributed by atoms with van der Waals surface area (Å²) in [4.78, 5) is 0.388. The van der Waals surface area contributed by atoms with Gasteiger partial charge in [0.1, 0.15) is 0 Å². The third-order valence-corrected chi connectivity index (χ3v) is 4.55. The van der Waals surface area contributed by atoms with Crippen LogP contribution in [-0.4, -0.2) is 21.5 Å². The third-order valence-electron chi connectivity index (χ3n) is 2.94. The lowest BCUT2D eigenvalue weighted by atomic mass is 10.1. The molecule has 4 nitrogen and oxygen atoms in total. The van der Waals surface area contributed by atoms with E-state index < -0.39 is 10.0 Å². The molecule has 1 rings (SSSR count). The van der Waals surface area contributed by atoms with Crippen LogP contribution in [-0.2, 0) is 16.6 Å². The van der Waals surface area contributed by atoms with Crippen molar-refractivity contribution >= 4 is 10.0 Å². The normalized spacial score (nSPS) is 11.7. The van der Waals surface area contributed by atoms with E-state index in [1.807, 2.05) is 32.9 Å². The quantitative estimate of drug-likeness (QED) is 0.719. The highest BCUT2D eigenvalue weighted by molar-refractivity contribution is 7.89. The van der Waals surface area contributed by atoms with Gasteiger partial charge in [0, 0.05) is 13.1 Å². The van der Waals surface area contributed by atoms with Gasteiger partial charge in [-0.1, -0.05) is 32.4 Å². The zero-order valence-corrected chi connectivity index (χ0v) is 12.8. The molecule has 0 spiro atoms. The van der Waals surface area contributed by atoms with E-state index in [2.05, 4.69) is 10.0 Å². The minimum atomic E-state index is -3.39. The summed E-state index contributed by atoms with van der Waals surface area (Å²) in [5.41, 5.74) is 1.77. The molecule has 0 saturated carbocycles. The predicted octanol–water partition coefficient (Wildman–Crippen LogP) is 2.18. The maximum Gasteiger partial charge on any atom is 0.240 e. The highest BCUT2D eigenvalue weighted by atomic mass is 32.2. The van der Waals surface area contributed by atoms with E-state index >= 15 is 0 Å². The average Bonchev–Trinajstić information content (AvgIpc) is 2.37. The molecular formula is C14H24N2O2S. The van der Waals surface area contributed by atoms with Crippen LogP contribution in [0.3, 0.4) is 0 Å². The summed E-state index contributed by atoms with van der Waals surface area (Å²) in [6.45, 7) is 7.94. The van der Waals surface area contributed by atoms with Crippen LogP contribution in [0.5, 0.6) is 0 Å². The fourth-order valence-corrected chi connectivity index (χ4v) is 3.14. The van der Waals surface area contributed by atoms with Crippen molar-refractivity contribution < 1.29 is 8.42 Å². The maximum absolute atomic E-state index is 12.2. The Hall–Kier alpha value is -0.910. The molecular weight excluding hydrogens is 260 g/mol. The van der Waals surface area contributed by atoms with Crippen molar-refractivity contribution in [2.24, 2.45) is 0 Å². The first-order chi connectivity index (χ1) is 9.01. The van der Waals surface area contributed by atoms with Gasteiger partial charge in [0.05, 0.1) is 4.90 Å². The number of rotatable bonds is 8. The molecule has 108 valence electrons. The molecule has 0 fully saturated rings. The lowest BCUT2D eigenvalue weighted by molar-refractivity contribution is 0.577. The first kappa shape index (κ1) is 16.1. The summed E-state index contributed by atoms with van der Waals surface area (Å²) >= 11 is 0. The Balaban J connectivity index is 2.91. The molecule has 0 aromatic heterocycles. The molecule has 0 aliphatic rings. The summed E-state index contributed by atoms with van der Waals surface area (Å²) in [6, 6.07) is 5.58.